The molecule has 2 aliphatic carbocycles. The van der Waals surface area contributed by atoms with Crippen molar-refractivity contribution in [1.29, 1.82) is 0 Å². The summed E-state index contributed by atoms with van der Waals surface area (Å²) in [7, 11) is 0. The van der Waals surface area contributed by atoms with Gasteiger partial charge in [0.05, 0.1) is 6.10 Å². The molecule has 1 aromatic carbocycles. The molecule has 2 aliphatic rings. The van der Waals surface area contributed by atoms with E-state index in [9.17, 15) is 4.79 Å². The van der Waals surface area contributed by atoms with Gasteiger partial charge in [0.2, 0.25) is 5.82 Å². The highest BCUT2D eigenvalue weighted by molar-refractivity contribution is 6.30. The number of nitrogens with zero attached hydrogens (tertiary/aromatic N) is 5. The summed E-state index contributed by atoms with van der Waals surface area (Å²) in [6, 6.07) is 7.58. The molecule has 1 N–H and O–H groups in total. The topological polar surface area (TPSA) is 112 Å². The number of nitrogens with one attached hydrogen (secondary N) is 1. The summed E-state index contributed by atoms with van der Waals surface area (Å²) in [5.41, 5.74) is 2.89. The molecule has 2 saturated carbocycles. The second-order valence-electron chi connectivity index (χ2n) is 10.8. The lowest BCUT2D eigenvalue weighted by Crippen LogP contribution is -2.21. The van der Waals surface area contributed by atoms with Gasteiger partial charge in [-0.1, -0.05) is 62.8 Å². The predicted molar refractivity (Wildman–Crippen MR) is 145 cm³/mol. The molecular weight excluding hydrogens is 504 g/mol. The molecule has 0 saturated heterocycles. The Morgan fingerprint density at radius 3 is 2.63 bits per heavy atom. The minimum Gasteiger partial charge on any atom is -0.384 e. The van der Waals surface area contributed by atoms with E-state index in [1.54, 1.807) is 0 Å². The molecule has 0 unspecified atom stereocenters. The first kappa shape index (κ1) is 25.2. The zero-order chi connectivity index (χ0) is 26.1. The Kier molecular flexibility index (Phi) is 7.30. The summed E-state index contributed by atoms with van der Waals surface area (Å²) >= 11 is 6.39. The second kappa shape index (κ2) is 11.0. The summed E-state index contributed by atoms with van der Waals surface area (Å²) < 4.78 is 13.9. The number of fused-ring (bicyclic) bond motifs is 1. The Labute approximate surface area is 226 Å². The fourth-order valence-electron chi connectivity index (χ4n) is 5.84. The van der Waals surface area contributed by atoms with Crippen molar-refractivity contribution < 1.29 is 9.15 Å². The number of aromatic nitrogens is 6. The summed E-state index contributed by atoms with van der Waals surface area (Å²) in [6.07, 6.45) is 11.0. The maximum Gasteiger partial charge on any atom is 0.434 e. The number of ether oxygens (including phenoxy) is 1. The Morgan fingerprint density at radius 1 is 1.08 bits per heavy atom. The van der Waals surface area contributed by atoms with Crippen LogP contribution in [-0.2, 0) is 17.9 Å². The molecule has 6 rings (SSSR count). The zero-order valence-corrected chi connectivity index (χ0v) is 22.4. The number of hydrogen-bond donors (Lipinski definition) is 1. The number of H-pyrrole nitrogens is 1. The number of hydrogen-bond acceptors (Lipinski definition) is 7. The maximum atomic E-state index is 11.7. The molecule has 4 aromatic rings. The Balaban J connectivity index is 1.48. The molecule has 200 valence electrons. The van der Waals surface area contributed by atoms with Gasteiger partial charge in [-0.15, -0.1) is 5.10 Å². The van der Waals surface area contributed by atoms with Crippen LogP contribution in [0.15, 0.2) is 33.5 Å². The van der Waals surface area contributed by atoms with Crippen LogP contribution in [0.4, 0.5) is 0 Å². The Morgan fingerprint density at radius 2 is 1.89 bits per heavy atom. The molecule has 3 aromatic heterocycles. The van der Waals surface area contributed by atoms with Gasteiger partial charge in [-0.3, -0.25) is 0 Å². The average Bonchev–Trinajstić information content (AvgIpc) is 3.52. The van der Waals surface area contributed by atoms with Gasteiger partial charge in [0.15, 0.2) is 5.65 Å². The molecule has 3 heterocycles. The van der Waals surface area contributed by atoms with Crippen LogP contribution in [-0.4, -0.2) is 35.8 Å². The minimum absolute atomic E-state index is 0.0241. The molecule has 0 aliphatic heterocycles. The molecule has 10 heteroatoms. The smallest absolute Gasteiger partial charge is 0.384 e. The number of rotatable bonds is 7. The summed E-state index contributed by atoms with van der Waals surface area (Å²) in [5, 5.41) is 6.86. The van der Waals surface area contributed by atoms with Crippen LogP contribution in [0.3, 0.4) is 0 Å². The molecule has 0 atom stereocenters. The van der Waals surface area contributed by atoms with E-state index in [1.807, 2.05) is 24.3 Å². The number of halogens is 1. The van der Waals surface area contributed by atoms with E-state index in [0.717, 1.165) is 42.2 Å². The van der Waals surface area contributed by atoms with E-state index in [4.69, 9.17) is 35.7 Å². The van der Waals surface area contributed by atoms with Gasteiger partial charge in [-0.25, -0.2) is 24.8 Å². The quantitative estimate of drug-likeness (QED) is 0.301. The first-order valence-corrected chi connectivity index (χ1v) is 14.1. The van der Waals surface area contributed by atoms with Gasteiger partial charge in [-0.2, -0.15) is 0 Å². The normalized spacial score (nSPS) is 20.8. The lowest BCUT2D eigenvalue weighted by molar-refractivity contribution is 0.0120. The molecule has 0 radical (unpaired) electrons. The Hall–Kier alpha value is -3.04. The standard InChI is InChI=1S/C28H33ClN6O3/c1-17-10-12-18(13-11-17)15-35-22(16-37-21-8-3-2-4-9-21)30-25-24(35)23(19-6-5-7-20(29)14-19)31-26(32-25)27-33-34-28(36)38-27/h5-7,14,17-18,21H,2-4,8-13,15-16H2,1H3,(H,34,36)/t17-,18-. The van der Waals surface area contributed by atoms with E-state index >= 15 is 0 Å². The minimum atomic E-state index is -0.661. The predicted octanol–water partition coefficient (Wildman–Crippen LogP) is 6.17. The SMILES string of the molecule is C[C@H]1CC[C@H](Cn2c(COC3CCCCC3)nc3nc(-c4n[nH]c(=O)o4)nc(-c4cccc(Cl)c4)c32)CC1. The number of aromatic amines is 1. The number of imidazole rings is 1. The van der Waals surface area contributed by atoms with Crippen molar-refractivity contribution in [3.05, 3.63) is 45.7 Å². The highest BCUT2D eigenvalue weighted by Gasteiger charge is 2.26. The highest BCUT2D eigenvalue weighted by atomic mass is 35.5. The van der Waals surface area contributed by atoms with Crippen molar-refractivity contribution >= 4 is 22.8 Å². The first-order valence-electron chi connectivity index (χ1n) is 13.7. The molecule has 9 nitrogen and oxygen atoms in total. The van der Waals surface area contributed by atoms with Crippen LogP contribution < -0.4 is 5.76 Å². The van der Waals surface area contributed by atoms with Gasteiger partial charge in [0.1, 0.15) is 23.6 Å². The van der Waals surface area contributed by atoms with E-state index in [0.29, 0.717) is 28.9 Å². The van der Waals surface area contributed by atoms with Crippen LogP contribution in [0.5, 0.6) is 0 Å². The summed E-state index contributed by atoms with van der Waals surface area (Å²) in [5.74, 6) is 1.73. The molecule has 38 heavy (non-hydrogen) atoms. The third-order valence-corrected chi connectivity index (χ3v) is 8.22. The molecule has 0 spiro atoms. The van der Waals surface area contributed by atoms with Gasteiger partial charge in [0.25, 0.3) is 5.89 Å². The molecular formula is C28H33ClN6O3. The lowest BCUT2D eigenvalue weighted by atomic mass is 9.83. The third kappa shape index (κ3) is 5.40. The summed E-state index contributed by atoms with van der Waals surface area (Å²) in [6.45, 7) is 3.60. The van der Waals surface area contributed by atoms with Crippen LogP contribution in [0, 0.1) is 11.8 Å². The first-order chi connectivity index (χ1) is 18.5. The van der Waals surface area contributed by atoms with Gasteiger partial charge < -0.3 is 13.7 Å². The average molecular weight is 537 g/mol. The maximum absolute atomic E-state index is 11.7. The highest BCUT2D eigenvalue weighted by Crippen LogP contribution is 2.35. The summed E-state index contributed by atoms with van der Waals surface area (Å²) in [4.78, 5) is 26.2. The largest absolute Gasteiger partial charge is 0.434 e. The fraction of sp³-hybridized carbons (Fsp3) is 0.536. The van der Waals surface area contributed by atoms with Crippen molar-refractivity contribution in [1.82, 2.24) is 29.7 Å². The van der Waals surface area contributed by atoms with Gasteiger partial charge >= 0.3 is 5.76 Å². The second-order valence-corrected chi connectivity index (χ2v) is 11.3. The number of benzene rings is 1. The molecule has 0 amide bonds. The van der Waals surface area contributed by atoms with Crippen LogP contribution in [0.2, 0.25) is 5.02 Å². The van der Waals surface area contributed by atoms with E-state index in [1.165, 1.54) is 44.9 Å². The van der Waals surface area contributed by atoms with E-state index < -0.39 is 5.76 Å². The molecule has 2 fully saturated rings. The van der Waals surface area contributed by atoms with E-state index in [2.05, 4.69) is 21.7 Å². The van der Waals surface area contributed by atoms with Crippen LogP contribution in [0.25, 0.3) is 34.1 Å². The van der Waals surface area contributed by atoms with Gasteiger partial charge in [-0.05, 0) is 49.7 Å². The Bertz CT molecular complexity index is 1460. The molecule has 0 bridgehead atoms. The lowest BCUT2D eigenvalue weighted by Gasteiger charge is -2.27. The van der Waals surface area contributed by atoms with Crippen molar-refractivity contribution in [2.24, 2.45) is 11.8 Å². The third-order valence-electron chi connectivity index (χ3n) is 7.99. The van der Waals surface area contributed by atoms with Crippen molar-refractivity contribution in [2.45, 2.75) is 84.0 Å². The van der Waals surface area contributed by atoms with E-state index in [-0.39, 0.29) is 17.8 Å². The monoisotopic (exact) mass is 536 g/mol. The van der Waals surface area contributed by atoms with Crippen LogP contribution in [0.1, 0.15) is 70.5 Å². The fourth-order valence-corrected chi connectivity index (χ4v) is 6.03. The zero-order valence-electron chi connectivity index (χ0n) is 21.7. The van der Waals surface area contributed by atoms with Crippen molar-refractivity contribution in [3.63, 3.8) is 0 Å². The van der Waals surface area contributed by atoms with Crippen LogP contribution >= 0.6 is 11.6 Å². The van der Waals surface area contributed by atoms with Crippen molar-refractivity contribution in [3.8, 4) is 23.0 Å². The van der Waals surface area contributed by atoms with Crippen molar-refractivity contribution in [2.75, 3.05) is 0 Å². The van der Waals surface area contributed by atoms with Gasteiger partial charge in [0, 0.05) is 17.1 Å².